The van der Waals surface area contributed by atoms with Crippen LogP contribution in [0.15, 0.2) is 56.9 Å². The van der Waals surface area contributed by atoms with Crippen LogP contribution < -0.4 is 10.6 Å². The molecule has 1 aromatic heterocycles. The Kier molecular flexibility index (Phi) is 6.14. The lowest BCUT2D eigenvalue weighted by molar-refractivity contribution is -0.121. The first-order valence-electron chi connectivity index (χ1n) is 7.72. The van der Waals surface area contributed by atoms with Gasteiger partial charge >= 0.3 is 0 Å². The molecule has 0 fully saturated rings. The van der Waals surface area contributed by atoms with Crippen LogP contribution in [0.1, 0.15) is 17.2 Å². The van der Waals surface area contributed by atoms with Crippen LogP contribution in [0, 0.1) is 11.3 Å². The summed E-state index contributed by atoms with van der Waals surface area (Å²) in [5.41, 5.74) is 1.20. The average Bonchev–Trinajstić information content (AvgIpc) is 3.16. The first kappa shape index (κ1) is 18.7. The molecule has 1 atom stereocenters. The first-order valence-corrected chi connectivity index (χ1v) is 10.4. The molecule has 8 heteroatoms. The molecule has 2 aromatic rings. The van der Waals surface area contributed by atoms with Crippen molar-refractivity contribution in [2.75, 3.05) is 11.1 Å². The van der Waals surface area contributed by atoms with Crippen LogP contribution in [0.2, 0.25) is 0 Å². The van der Waals surface area contributed by atoms with Crippen molar-refractivity contribution < 1.29 is 9.59 Å². The van der Waals surface area contributed by atoms with E-state index in [4.69, 9.17) is 0 Å². The maximum Gasteiger partial charge on any atom is 0.234 e. The number of halogens is 1. The molecule has 1 aromatic carbocycles. The van der Waals surface area contributed by atoms with Crippen LogP contribution in [0.25, 0.3) is 0 Å². The van der Waals surface area contributed by atoms with E-state index < -0.39 is 0 Å². The number of carbonyl (C=O) groups is 2. The predicted molar refractivity (Wildman–Crippen MR) is 108 cm³/mol. The minimum Gasteiger partial charge on any atom is -0.325 e. The summed E-state index contributed by atoms with van der Waals surface area (Å²) in [6.07, 6.45) is 0.249. The summed E-state index contributed by atoms with van der Waals surface area (Å²) in [7, 11) is 0. The third-order valence-electron chi connectivity index (χ3n) is 3.72. The predicted octanol–water partition coefficient (Wildman–Crippen LogP) is 4.22. The summed E-state index contributed by atoms with van der Waals surface area (Å²) in [6, 6.07) is 13.3. The molecule has 1 aliphatic heterocycles. The summed E-state index contributed by atoms with van der Waals surface area (Å²) in [5, 5.41) is 17.5. The average molecular weight is 448 g/mol. The number of thiophene rings is 1. The number of nitrogens with one attached hydrogen (secondary N) is 2. The van der Waals surface area contributed by atoms with Gasteiger partial charge in [0.1, 0.15) is 0 Å². The van der Waals surface area contributed by atoms with Gasteiger partial charge in [0.2, 0.25) is 11.8 Å². The Labute approximate surface area is 167 Å². The lowest BCUT2D eigenvalue weighted by Gasteiger charge is -2.23. The topological polar surface area (TPSA) is 82.0 Å². The van der Waals surface area contributed by atoms with Crippen LogP contribution in [0.4, 0.5) is 5.69 Å². The van der Waals surface area contributed by atoms with Crippen LogP contribution in [-0.2, 0) is 9.59 Å². The van der Waals surface area contributed by atoms with E-state index in [1.807, 2.05) is 29.6 Å². The van der Waals surface area contributed by atoms with E-state index >= 15 is 0 Å². The van der Waals surface area contributed by atoms with Gasteiger partial charge in [0.25, 0.3) is 0 Å². The van der Waals surface area contributed by atoms with Crippen molar-refractivity contribution in [3.05, 3.63) is 61.7 Å². The highest BCUT2D eigenvalue weighted by Crippen LogP contribution is 2.37. The zero-order chi connectivity index (χ0) is 18.5. The SMILES string of the molecule is N#CC1=C(SCC(=O)Nc2ccc(Br)cc2)NC(=O)C[C@H]1c1cccs1. The zero-order valence-corrected chi connectivity index (χ0v) is 16.7. The summed E-state index contributed by atoms with van der Waals surface area (Å²) >= 11 is 6.04. The fourth-order valence-corrected chi connectivity index (χ4v) is 4.51. The minimum atomic E-state index is -0.245. The molecule has 0 radical (unpaired) electrons. The lowest BCUT2D eigenvalue weighted by atomic mass is 9.93. The van der Waals surface area contributed by atoms with Gasteiger partial charge in [-0.25, -0.2) is 0 Å². The second-order valence-corrected chi connectivity index (χ2v) is 8.40. The molecule has 26 heavy (non-hydrogen) atoms. The fraction of sp³-hybridized carbons (Fsp3) is 0.167. The fourth-order valence-electron chi connectivity index (χ4n) is 2.53. The van der Waals surface area contributed by atoms with Gasteiger partial charge in [-0.2, -0.15) is 5.26 Å². The van der Waals surface area contributed by atoms with E-state index in [9.17, 15) is 14.9 Å². The normalized spacial score (nSPS) is 16.8. The number of rotatable bonds is 5. The molecule has 0 saturated carbocycles. The van der Waals surface area contributed by atoms with E-state index in [0.717, 1.165) is 9.35 Å². The molecular weight excluding hydrogens is 434 g/mol. The van der Waals surface area contributed by atoms with Gasteiger partial charge in [0.05, 0.1) is 22.4 Å². The second kappa shape index (κ2) is 8.54. The first-order chi connectivity index (χ1) is 12.6. The molecule has 2 N–H and O–H groups in total. The smallest absolute Gasteiger partial charge is 0.234 e. The van der Waals surface area contributed by atoms with E-state index in [1.54, 1.807) is 12.1 Å². The van der Waals surface area contributed by atoms with Gasteiger partial charge in [-0.3, -0.25) is 9.59 Å². The van der Waals surface area contributed by atoms with Crippen molar-refractivity contribution in [1.29, 1.82) is 5.26 Å². The molecule has 132 valence electrons. The molecule has 2 amide bonds. The van der Waals surface area contributed by atoms with Gasteiger partial charge in [-0.05, 0) is 35.7 Å². The number of thioether (sulfide) groups is 1. The van der Waals surface area contributed by atoms with Gasteiger partial charge in [0, 0.05) is 27.4 Å². The molecule has 0 spiro atoms. The van der Waals surface area contributed by atoms with Gasteiger partial charge in [-0.1, -0.05) is 33.8 Å². The number of carbonyl (C=O) groups excluding carboxylic acids is 2. The zero-order valence-electron chi connectivity index (χ0n) is 13.5. The standard InChI is InChI=1S/C18H14BrN3O2S2/c19-11-3-5-12(6-4-11)21-17(24)10-26-18-14(9-20)13(8-16(23)22-18)15-2-1-7-25-15/h1-7,13H,8,10H2,(H,21,24)(H,22,23)/t13-/m1/s1. The third-order valence-corrected chi connectivity index (χ3v) is 6.25. The van der Waals surface area contributed by atoms with Crippen molar-refractivity contribution in [1.82, 2.24) is 5.32 Å². The Bertz CT molecular complexity index is 886. The number of hydrogen-bond acceptors (Lipinski definition) is 5. The van der Waals surface area contributed by atoms with E-state index in [0.29, 0.717) is 16.3 Å². The Hall–Kier alpha value is -2.08. The Balaban J connectivity index is 1.70. The molecule has 0 aliphatic carbocycles. The number of anilines is 1. The van der Waals surface area contributed by atoms with Gasteiger partial charge in [-0.15, -0.1) is 11.3 Å². The monoisotopic (exact) mass is 447 g/mol. The van der Waals surface area contributed by atoms with Crippen LogP contribution in [-0.4, -0.2) is 17.6 Å². The van der Waals surface area contributed by atoms with Crippen molar-refractivity contribution in [3.63, 3.8) is 0 Å². The number of hydrogen-bond donors (Lipinski definition) is 2. The summed E-state index contributed by atoms with van der Waals surface area (Å²) in [5.74, 6) is -0.479. The number of nitriles is 1. The van der Waals surface area contributed by atoms with Gasteiger partial charge in [0.15, 0.2) is 0 Å². The Morgan fingerprint density at radius 2 is 2.15 bits per heavy atom. The Morgan fingerprint density at radius 3 is 2.81 bits per heavy atom. The molecule has 1 aliphatic rings. The number of benzene rings is 1. The van der Waals surface area contributed by atoms with E-state index in [1.165, 1.54) is 23.1 Å². The molecular formula is C18H14BrN3O2S2. The largest absolute Gasteiger partial charge is 0.325 e. The lowest BCUT2D eigenvalue weighted by Crippen LogP contribution is -2.31. The number of nitrogens with zero attached hydrogens (tertiary/aromatic N) is 1. The highest BCUT2D eigenvalue weighted by molar-refractivity contribution is 9.10. The van der Waals surface area contributed by atoms with Crippen molar-refractivity contribution in [3.8, 4) is 6.07 Å². The van der Waals surface area contributed by atoms with Crippen molar-refractivity contribution in [2.24, 2.45) is 0 Å². The minimum absolute atomic E-state index is 0.105. The molecule has 5 nitrogen and oxygen atoms in total. The molecule has 0 saturated heterocycles. The van der Waals surface area contributed by atoms with Crippen molar-refractivity contribution in [2.45, 2.75) is 12.3 Å². The maximum absolute atomic E-state index is 12.2. The maximum atomic E-state index is 12.2. The van der Waals surface area contributed by atoms with Gasteiger partial charge < -0.3 is 10.6 Å². The molecule has 0 bridgehead atoms. The van der Waals surface area contributed by atoms with Crippen LogP contribution in [0.5, 0.6) is 0 Å². The summed E-state index contributed by atoms with van der Waals surface area (Å²) < 4.78 is 0.929. The number of allylic oxidation sites excluding steroid dienone is 1. The quantitative estimate of drug-likeness (QED) is 0.718. The highest BCUT2D eigenvalue weighted by atomic mass is 79.9. The molecule has 2 heterocycles. The highest BCUT2D eigenvalue weighted by Gasteiger charge is 2.30. The van der Waals surface area contributed by atoms with Crippen LogP contribution in [0.3, 0.4) is 0 Å². The Morgan fingerprint density at radius 1 is 1.38 bits per heavy atom. The number of amides is 2. The van der Waals surface area contributed by atoms with Crippen LogP contribution >= 0.6 is 39.0 Å². The second-order valence-electron chi connectivity index (χ2n) is 5.52. The van der Waals surface area contributed by atoms with E-state index in [-0.39, 0.29) is 29.9 Å². The third kappa shape index (κ3) is 4.55. The summed E-state index contributed by atoms with van der Waals surface area (Å²) in [4.78, 5) is 25.2. The molecule has 0 unspecified atom stereocenters. The van der Waals surface area contributed by atoms with Crippen molar-refractivity contribution >= 4 is 56.5 Å². The molecule has 3 rings (SSSR count). The van der Waals surface area contributed by atoms with E-state index in [2.05, 4.69) is 32.6 Å². The summed E-state index contributed by atoms with van der Waals surface area (Å²) in [6.45, 7) is 0.